The van der Waals surface area contributed by atoms with Crippen LogP contribution in [0.15, 0.2) is 30.3 Å². The van der Waals surface area contributed by atoms with E-state index >= 15 is 0 Å². The van der Waals surface area contributed by atoms with Gasteiger partial charge in [0.25, 0.3) is 5.92 Å². The highest BCUT2D eigenvalue weighted by Crippen LogP contribution is 2.33. The average Bonchev–Trinajstić information content (AvgIpc) is 3.04. The number of fused-ring (bicyclic) bond motifs is 1. The van der Waals surface area contributed by atoms with Crippen molar-refractivity contribution in [1.82, 2.24) is 14.9 Å². The number of halogens is 2. The van der Waals surface area contributed by atoms with Crippen LogP contribution in [0.1, 0.15) is 17.7 Å². The molecule has 142 valence electrons. The fourth-order valence-electron chi connectivity index (χ4n) is 3.36. The van der Waals surface area contributed by atoms with Gasteiger partial charge in [-0.1, -0.05) is 12.1 Å². The second kappa shape index (κ2) is 7.01. The van der Waals surface area contributed by atoms with Crippen molar-refractivity contribution in [2.75, 3.05) is 25.9 Å². The number of alkyl halides is 2. The van der Waals surface area contributed by atoms with Crippen molar-refractivity contribution in [2.24, 2.45) is 0 Å². The molecule has 0 bridgehead atoms. The fourth-order valence-corrected chi connectivity index (χ4v) is 4.44. The summed E-state index contributed by atoms with van der Waals surface area (Å²) in [4.78, 5) is 12.6. The van der Waals surface area contributed by atoms with E-state index in [0.29, 0.717) is 36.9 Å². The Labute approximate surface area is 159 Å². The number of benzene rings is 1. The number of hydrogen-bond donors (Lipinski definition) is 1. The second-order valence-corrected chi connectivity index (χ2v) is 7.88. The number of anilines is 1. The van der Waals surface area contributed by atoms with E-state index in [1.165, 1.54) is 11.3 Å². The molecule has 0 atom stereocenters. The van der Waals surface area contributed by atoms with E-state index in [1.807, 2.05) is 30.3 Å². The highest BCUT2D eigenvalue weighted by molar-refractivity contribution is 7.18. The number of nitrogens with zero attached hydrogens (tertiary/aromatic N) is 3. The number of likely N-dealkylation sites (tertiary alicyclic amines) is 1. The SMILES string of the molecule is COc1cccc(-c2nc(N)c3cc(CN4CCCC(F)(F)C4)sc3n2)c1. The molecule has 1 fully saturated rings. The summed E-state index contributed by atoms with van der Waals surface area (Å²) in [5, 5.41) is 0.769. The van der Waals surface area contributed by atoms with Crippen LogP contribution in [0.5, 0.6) is 5.75 Å². The Morgan fingerprint density at radius 3 is 2.93 bits per heavy atom. The van der Waals surface area contributed by atoms with Gasteiger partial charge in [0, 0.05) is 23.4 Å². The van der Waals surface area contributed by atoms with Crippen LogP contribution in [0.3, 0.4) is 0 Å². The lowest BCUT2D eigenvalue weighted by Gasteiger charge is -2.31. The first-order valence-corrected chi connectivity index (χ1v) is 9.56. The number of nitrogen functional groups attached to an aromatic ring is 1. The van der Waals surface area contributed by atoms with Gasteiger partial charge >= 0.3 is 0 Å². The predicted molar refractivity (Wildman–Crippen MR) is 103 cm³/mol. The maximum atomic E-state index is 13.6. The Bertz CT molecular complexity index is 975. The van der Waals surface area contributed by atoms with Crippen LogP contribution in [0, 0.1) is 0 Å². The Kier molecular flexibility index (Phi) is 4.69. The van der Waals surface area contributed by atoms with Crippen LogP contribution in [0.4, 0.5) is 14.6 Å². The standard InChI is InChI=1S/C19H20F2N4OS/c1-26-13-5-2-4-12(8-13)17-23-16(22)15-9-14(27-18(15)24-17)10-25-7-3-6-19(20,21)11-25/h2,4-5,8-9H,3,6-7,10-11H2,1H3,(H2,22,23,24). The predicted octanol–water partition coefficient (Wildman–Crippen LogP) is 4.18. The molecule has 0 unspecified atom stereocenters. The van der Waals surface area contributed by atoms with E-state index in [0.717, 1.165) is 20.7 Å². The third-order valence-electron chi connectivity index (χ3n) is 4.65. The number of piperidine rings is 1. The van der Waals surface area contributed by atoms with Gasteiger partial charge in [-0.2, -0.15) is 0 Å². The number of hydrogen-bond acceptors (Lipinski definition) is 6. The van der Waals surface area contributed by atoms with Crippen LogP contribution < -0.4 is 10.5 Å². The molecule has 1 aromatic carbocycles. The summed E-state index contributed by atoms with van der Waals surface area (Å²) in [5.74, 6) is -0.971. The lowest BCUT2D eigenvalue weighted by atomic mass is 10.1. The van der Waals surface area contributed by atoms with Crippen molar-refractivity contribution in [3.63, 3.8) is 0 Å². The third kappa shape index (κ3) is 3.86. The number of thiophene rings is 1. The zero-order valence-electron chi connectivity index (χ0n) is 14.9. The molecule has 0 spiro atoms. The van der Waals surface area contributed by atoms with Gasteiger partial charge in [0.2, 0.25) is 0 Å². The van der Waals surface area contributed by atoms with E-state index in [2.05, 4.69) is 9.97 Å². The Morgan fingerprint density at radius 1 is 1.30 bits per heavy atom. The van der Waals surface area contributed by atoms with Crippen molar-refractivity contribution in [3.8, 4) is 17.1 Å². The van der Waals surface area contributed by atoms with Crippen molar-refractivity contribution >= 4 is 27.4 Å². The molecule has 0 amide bonds. The highest BCUT2D eigenvalue weighted by atomic mass is 32.1. The number of rotatable bonds is 4. The maximum absolute atomic E-state index is 13.6. The minimum absolute atomic E-state index is 0.0295. The normalized spacial score (nSPS) is 17.3. The lowest BCUT2D eigenvalue weighted by Crippen LogP contribution is -2.41. The molecule has 3 heterocycles. The van der Waals surface area contributed by atoms with Crippen LogP contribution in [0.2, 0.25) is 0 Å². The molecule has 8 heteroatoms. The molecule has 27 heavy (non-hydrogen) atoms. The molecule has 1 aliphatic heterocycles. The van der Waals surface area contributed by atoms with Gasteiger partial charge in [0.15, 0.2) is 5.82 Å². The Morgan fingerprint density at radius 2 is 2.15 bits per heavy atom. The average molecular weight is 390 g/mol. The minimum atomic E-state index is -2.60. The van der Waals surface area contributed by atoms with E-state index in [9.17, 15) is 8.78 Å². The molecular weight excluding hydrogens is 370 g/mol. The number of aromatic nitrogens is 2. The summed E-state index contributed by atoms with van der Waals surface area (Å²) in [6, 6.07) is 9.38. The third-order valence-corrected chi connectivity index (χ3v) is 5.67. The van der Waals surface area contributed by atoms with E-state index in [-0.39, 0.29) is 13.0 Å². The first-order chi connectivity index (χ1) is 12.9. The number of nitrogens with two attached hydrogens (primary N) is 1. The monoisotopic (exact) mass is 390 g/mol. The van der Waals surface area contributed by atoms with Gasteiger partial charge in [-0.25, -0.2) is 18.7 Å². The molecule has 0 radical (unpaired) electrons. The van der Waals surface area contributed by atoms with Crippen LogP contribution in [-0.2, 0) is 6.54 Å². The minimum Gasteiger partial charge on any atom is -0.497 e. The van der Waals surface area contributed by atoms with Gasteiger partial charge in [0.05, 0.1) is 19.0 Å². The van der Waals surface area contributed by atoms with E-state index < -0.39 is 5.92 Å². The molecule has 0 aliphatic carbocycles. The van der Waals surface area contributed by atoms with Gasteiger partial charge in [0.1, 0.15) is 16.4 Å². The molecule has 2 aromatic heterocycles. The molecule has 0 saturated carbocycles. The molecule has 2 N–H and O–H groups in total. The quantitative estimate of drug-likeness (QED) is 0.724. The molecule has 1 saturated heterocycles. The van der Waals surface area contributed by atoms with Gasteiger partial charge < -0.3 is 10.5 Å². The molecule has 4 rings (SSSR count). The number of ether oxygens (including phenoxy) is 1. The van der Waals surface area contributed by atoms with Crippen molar-refractivity contribution in [3.05, 3.63) is 35.2 Å². The van der Waals surface area contributed by atoms with Crippen molar-refractivity contribution in [1.29, 1.82) is 0 Å². The molecule has 5 nitrogen and oxygen atoms in total. The summed E-state index contributed by atoms with van der Waals surface area (Å²) < 4.78 is 32.5. The van der Waals surface area contributed by atoms with Crippen LogP contribution >= 0.6 is 11.3 Å². The topological polar surface area (TPSA) is 64.3 Å². The summed E-state index contributed by atoms with van der Waals surface area (Å²) in [7, 11) is 1.60. The maximum Gasteiger partial charge on any atom is 0.260 e. The second-order valence-electron chi connectivity index (χ2n) is 6.77. The van der Waals surface area contributed by atoms with E-state index in [4.69, 9.17) is 10.5 Å². The molecule has 1 aliphatic rings. The van der Waals surface area contributed by atoms with Crippen molar-refractivity contribution < 1.29 is 13.5 Å². The lowest BCUT2D eigenvalue weighted by molar-refractivity contribution is -0.0658. The Balaban J connectivity index is 1.63. The Hall–Kier alpha value is -2.32. The van der Waals surface area contributed by atoms with Crippen molar-refractivity contribution in [2.45, 2.75) is 25.3 Å². The van der Waals surface area contributed by atoms with Crippen LogP contribution in [0.25, 0.3) is 21.6 Å². The summed E-state index contributed by atoms with van der Waals surface area (Å²) in [6.45, 7) is 0.960. The zero-order chi connectivity index (χ0) is 19.0. The highest BCUT2D eigenvalue weighted by Gasteiger charge is 2.35. The molecule has 3 aromatic rings. The first kappa shape index (κ1) is 18.1. The number of methoxy groups -OCH3 is 1. The summed E-state index contributed by atoms with van der Waals surface area (Å²) in [5.41, 5.74) is 6.96. The zero-order valence-corrected chi connectivity index (χ0v) is 15.7. The van der Waals surface area contributed by atoms with Crippen LogP contribution in [-0.4, -0.2) is 41.0 Å². The first-order valence-electron chi connectivity index (χ1n) is 8.74. The smallest absolute Gasteiger partial charge is 0.260 e. The largest absolute Gasteiger partial charge is 0.497 e. The summed E-state index contributed by atoms with van der Waals surface area (Å²) in [6.07, 6.45) is 0.484. The van der Waals surface area contributed by atoms with E-state index in [1.54, 1.807) is 12.0 Å². The molecular formula is C19H20F2N4OS. The summed E-state index contributed by atoms with van der Waals surface area (Å²) >= 11 is 1.48. The van der Waals surface area contributed by atoms with Gasteiger partial charge in [-0.15, -0.1) is 11.3 Å². The fraction of sp³-hybridized carbons (Fsp3) is 0.368. The van der Waals surface area contributed by atoms with Gasteiger partial charge in [-0.05, 0) is 31.2 Å². The van der Waals surface area contributed by atoms with Gasteiger partial charge in [-0.3, -0.25) is 4.90 Å².